The molecule has 0 saturated heterocycles. The predicted molar refractivity (Wildman–Crippen MR) is 89.6 cm³/mol. The molecule has 0 N–H and O–H groups in total. The monoisotopic (exact) mass is 352 g/mol. The molecule has 1 amide bonds. The van der Waals surface area contributed by atoms with E-state index < -0.39 is 29.8 Å². The summed E-state index contributed by atoms with van der Waals surface area (Å²) < 4.78 is 39.3. The topological polar surface area (TPSA) is 42.3 Å². The Labute approximate surface area is 143 Å². The van der Waals surface area contributed by atoms with Gasteiger partial charge in [-0.1, -0.05) is 12.1 Å². The van der Waals surface area contributed by atoms with Crippen LogP contribution in [-0.4, -0.2) is 17.0 Å². The maximum atomic E-state index is 12.8. The lowest BCUT2D eigenvalue weighted by atomic mass is 10.1. The molecule has 0 aliphatic rings. The summed E-state index contributed by atoms with van der Waals surface area (Å²) >= 11 is 0. The molecule has 0 bridgehead atoms. The molecule has 1 heterocycles. The van der Waals surface area contributed by atoms with Crippen molar-refractivity contribution < 1.29 is 18.0 Å². The third-order valence-electron chi connectivity index (χ3n) is 3.90. The lowest BCUT2D eigenvalue weighted by molar-refractivity contribution is -0.139. The summed E-state index contributed by atoms with van der Waals surface area (Å²) in [5.41, 5.74) is 0.0192. The molecule has 0 spiro atoms. The molecule has 4 nitrogen and oxygen atoms in total. The summed E-state index contributed by atoms with van der Waals surface area (Å²) in [4.78, 5) is 26.1. The van der Waals surface area contributed by atoms with E-state index >= 15 is 0 Å². The number of carbonyl (C=O) groups is 1. The first-order valence-corrected chi connectivity index (χ1v) is 7.79. The molecule has 134 valence electrons. The zero-order valence-corrected chi connectivity index (χ0v) is 14.2. The molecule has 2 aromatic rings. The fraction of sp³-hybridized carbons (Fsp3) is 0.333. The number of pyridine rings is 1. The Balaban J connectivity index is 2.35. The number of rotatable bonds is 4. The van der Waals surface area contributed by atoms with Gasteiger partial charge >= 0.3 is 6.18 Å². The van der Waals surface area contributed by atoms with E-state index in [2.05, 4.69) is 0 Å². The van der Waals surface area contributed by atoms with E-state index in [1.165, 1.54) is 11.1 Å². The highest BCUT2D eigenvalue weighted by Crippen LogP contribution is 2.26. The van der Waals surface area contributed by atoms with Crippen LogP contribution in [0.3, 0.4) is 0 Å². The highest BCUT2D eigenvalue weighted by Gasteiger charge is 2.34. The lowest BCUT2D eigenvalue weighted by Gasteiger charge is -2.24. The normalized spacial score (nSPS) is 11.4. The second kappa shape index (κ2) is 7.13. The van der Waals surface area contributed by atoms with E-state index in [0.717, 1.165) is 21.8 Å². The van der Waals surface area contributed by atoms with Gasteiger partial charge in [-0.25, -0.2) is 0 Å². The van der Waals surface area contributed by atoms with Gasteiger partial charge in [-0.3, -0.25) is 9.59 Å². The maximum absolute atomic E-state index is 12.8. The summed E-state index contributed by atoms with van der Waals surface area (Å²) in [6.45, 7) is 5.40. The van der Waals surface area contributed by atoms with Crippen LogP contribution in [0.25, 0.3) is 0 Å². The molecule has 0 atom stereocenters. The Hall–Kier alpha value is -2.57. The first-order valence-electron chi connectivity index (χ1n) is 7.79. The van der Waals surface area contributed by atoms with Crippen LogP contribution in [0, 0.1) is 13.8 Å². The van der Waals surface area contributed by atoms with Gasteiger partial charge in [0.25, 0.3) is 5.56 Å². The van der Waals surface area contributed by atoms with Gasteiger partial charge in [-0.2, -0.15) is 13.2 Å². The molecule has 7 heteroatoms. The third kappa shape index (κ3) is 4.10. The Morgan fingerprint density at radius 1 is 1.20 bits per heavy atom. The van der Waals surface area contributed by atoms with Gasteiger partial charge in [-0.15, -0.1) is 0 Å². The van der Waals surface area contributed by atoms with Crippen molar-refractivity contribution in [1.82, 2.24) is 4.57 Å². The number of hydrogen-bond donors (Lipinski definition) is 0. The predicted octanol–water partition coefficient (Wildman–Crippen LogP) is 3.54. The Bertz CT molecular complexity index is 841. The number of alkyl halides is 3. The molecule has 2 rings (SSSR count). The van der Waals surface area contributed by atoms with Gasteiger partial charge in [0.1, 0.15) is 12.1 Å². The molecule has 1 aromatic carbocycles. The zero-order valence-electron chi connectivity index (χ0n) is 14.2. The number of hydrogen-bond acceptors (Lipinski definition) is 2. The summed E-state index contributed by atoms with van der Waals surface area (Å²) in [7, 11) is 0. The van der Waals surface area contributed by atoms with Crippen molar-refractivity contribution in [3.05, 3.63) is 63.6 Å². The molecule has 1 aromatic heterocycles. The van der Waals surface area contributed by atoms with Crippen molar-refractivity contribution >= 4 is 11.6 Å². The Morgan fingerprint density at radius 3 is 2.48 bits per heavy atom. The molecular weight excluding hydrogens is 333 g/mol. The van der Waals surface area contributed by atoms with Gasteiger partial charge in [-0.05, 0) is 50.1 Å². The quantitative estimate of drug-likeness (QED) is 0.845. The second-order valence-corrected chi connectivity index (χ2v) is 5.78. The minimum atomic E-state index is -4.75. The summed E-state index contributed by atoms with van der Waals surface area (Å²) in [5, 5.41) is 0. The van der Waals surface area contributed by atoms with Crippen LogP contribution < -0.4 is 10.5 Å². The largest absolute Gasteiger partial charge is 0.421 e. The van der Waals surface area contributed by atoms with Crippen LogP contribution in [0.1, 0.15) is 23.6 Å². The number of carbonyl (C=O) groups excluding carboxylic acids is 1. The van der Waals surface area contributed by atoms with Gasteiger partial charge < -0.3 is 9.47 Å². The number of nitrogens with zero attached hydrogens (tertiary/aromatic N) is 2. The van der Waals surface area contributed by atoms with Gasteiger partial charge in [0.2, 0.25) is 5.91 Å². The van der Waals surface area contributed by atoms with Gasteiger partial charge in [0.15, 0.2) is 0 Å². The first kappa shape index (κ1) is 18.8. The number of aromatic nitrogens is 1. The van der Waals surface area contributed by atoms with Crippen LogP contribution in [0.4, 0.5) is 18.9 Å². The molecule has 0 radical (unpaired) electrons. The van der Waals surface area contributed by atoms with E-state index in [1.54, 1.807) is 6.92 Å². The molecule has 0 aliphatic heterocycles. The standard InChI is InChI=1S/C18H19F3N2O2/c1-4-23(15-10-12(2)7-8-13(15)3)16(24)11-22-9-5-6-14(17(22)25)18(19,20)21/h5-10H,4,11H2,1-3H3. The first-order chi connectivity index (χ1) is 11.6. The van der Waals surface area contributed by atoms with E-state index in [1.807, 2.05) is 32.0 Å². The fourth-order valence-corrected chi connectivity index (χ4v) is 2.60. The van der Waals surface area contributed by atoms with E-state index in [0.29, 0.717) is 18.3 Å². The van der Waals surface area contributed by atoms with Crippen molar-refractivity contribution in [1.29, 1.82) is 0 Å². The number of aryl methyl sites for hydroxylation is 2. The molecular formula is C18H19F3N2O2. The SMILES string of the molecule is CCN(C(=O)Cn1cccc(C(F)(F)F)c1=O)c1cc(C)ccc1C. The van der Waals surface area contributed by atoms with Crippen molar-refractivity contribution in [3.8, 4) is 0 Å². The molecule has 0 aliphatic carbocycles. The smallest absolute Gasteiger partial charge is 0.311 e. The Morgan fingerprint density at radius 2 is 1.88 bits per heavy atom. The summed E-state index contributed by atoms with van der Waals surface area (Å²) in [5.74, 6) is -0.447. The Kier molecular flexibility index (Phi) is 5.35. The number of halogens is 3. The molecule has 0 saturated carbocycles. The number of anilines is 1. The van der Waals surface area contributed by atoms with Crippen molar-refractivity contribution in [2.75, 3.05) is 11.4 Å². The molecule has 0 fully saturated rings. The average molecular weight is 352 g/mol. The summed E-state index contributed by atoms with van der Waals surface area (Å²) in [6.07, 6.45) is -3.56. The zero-order chi connectivity index (χ0) is 18.8. The maximum Gasteiger partial charge on any atom is 0.421 e. The van der Waals surface area contributed by atoms with Crippen LogP contribution in [-0.2, 0) is 17.5 Å². The number of likely N-dealkylation sites (N-methyl/N-ethyl adjacent to an activating group) is 1. The number of benzene rings is 1. The van der Waals surface area contributed by atoms with E-state index in [-0.39, 0.29) is 0 Å². The summed E-state index contributed by atoms with van der Waals surface area (Å²) in [6, 6.07) is 7.45. The van der Waals surface area contributed by atoms with Crippen molar-refractivity contribution in [3.63, 3.8) is 0 Å². The highest BCUT2D eigenvalue weighted by molar-refractivity contribution is 5.94. The fourth-order valence-electron chi connectivity index (χ4n) is 2.60. The van der Waals surface area contributed by atoms with Crippen LogP contribution >= 0.6 is 0 Å². The number of amides is 1. The third-order valence-corrected chi connectivity index (χ3v) is 3.90. The molecule has 0 unspecified atom stereocenters. The van der Waals surface area contributed by atoms with Crippen molar-refractivity contribution in [2.24, 2.45) is 0 Å². The van der Waals surface area contributed by atoms with Crippen molar-refractivity contribution in [2.45, 2.75) is 33.5 Å². The van der Waals surface area contributed by atoms with Crippen LogP contribution in [0.5, 0.6) is 0 Å². The molecule has 25 heavy (non-hydrogen) atoms. The average Bonchev–Trinajstić information content (AvgIpc) is 2.52. The van der Waals surface area contributed by atoms with E-state index in [9.17, 15) is 22.8 Å². The highest BCUT2D eigenvalue weighted by atomic mass is 19.4. The van der Waals surface area contributed by atoms with E-state index in [4.69, 9.17) is 0 Å². The lowest BCUT2D eigenvalue weighted by Crippen LogP contribution is -2.38. The van der Waals surface area contributed by atoms with Crippen LogP contribution in [0.2, 0.25) is 0 Å². The van der Waals surface area contributed by atoms with Gasteiger partial charge in [0.05, 0.1) is 0 Å². The minimum absolute atomic E-state index is 0.344. The minimum Gasteiger partial charge on any atom is -0.311 e. The van der Waals surface area contributed by atoms with Crippen LogP contribution in [0.15, 0.2) is 41.3 Å². The van der Waals surface area contributed by atoms with Gasteiger partial charge in [0, 0.05) is 18.4 Å². The second-order valence-electron chi connectivity index (χ2n) is 5.78.